The van der Waals surface area contributed by atoms with E-state index in [-0.39, 0.29) is 0 Å². The first kappa shape index (κ1) is 10.8. The van der Waals surface area contributed by atoms with Gasteiger partial charge in [0.1, 0.15) is 11.0 Å². The van der Waals surface area contributed by atoms with Crippen molar-refractivity contribution in [3.63, 3.8) is 0 Å². The van der Waals surface area contributed by atoms with Gasteiger partial charge >= 0.3 is 0 Å². The number of halogens is 1. The third-order valence-corrected chi connectivity index (χ3v) is 2.56. The third-order valence-electron chi connectivity index (χ3n) is 2.36. The van der Waals surface area contributed by atoms with E-state index in [1.54, 1.807) is 6.07 Å². The van der Waals surface area contributed by atoms with Crippen LogP contribution in [-0.2, 0) is 6.54 Å². The molecule has 1 aliphatic heterocycles. The van der Waals surface area contributed by atoms with Crippen LogP contribution in [0.25, 0.3) is 0 Å². The fourth-order valence-corrected chi connectivity index (χ4v) is 2.14. The van der Waals surface area contributed by atoms with Crippen molar-refractivity contribution in [3.8, 4) is 0 Å². The third kappa shape index (κ3) is 2.65. The van der Waals surface area contributed by atoms with Crippen LogP contribution in [0.15, 0.2) is 6.07 Å². The van der Waals surface area contributed by atoms with Crippen LogP contribution in [0.3, 0.4) is 0 Å². The van der Waals surface area contributed by atoms with Crippen molar-refractivity contribution in [2.24, 2.45) is 0 Å². The largest absolute Gasteiger partial charge is 0.388 e. The molecule has 2 heterocycles. The number of likely N-dealkylation sites (tertiary alicyclic amines) is 1. The van der Waals surface area contributed by atoms with Gasteiger partial charge in [-0.2, -0.15) is 0 Å². The molecule has 5 heteroatoms. The minimum atomic E-state index is -0.548. The molecule has 1 N–H and O–H groups in total. The molecule has 15 heavy (non-hydrogen) atoms. The van der Waals surface area contributed by atoms with E-state index < -0.39 is 5.60 Å². The molecule has 0 bridgehead atoms. The van der Waals surface area contributed by atoms with Crippen molar-refractivity contribution >= 4 is 11.6 Å². The molecule has 0 radical (unpaired) electrons. The quantitative estimate of drug-likeness (QED) is 0.766. The van der Waals surface area contributed by atoms with Gasteiger partial charge in [-0.25, -0.2) is 9.97 Å². The summed E-state index contributed by atoms with van der Waals surface area (Å²) >= 11 is 5.83. The standard InChI is InChI=1S/C10H14ClN3O/c1-7-3-8(11)13-9(12-7)4-14-5-10(2,15)6-14/h3,15H,4-6H2,1-2H3. The van der Waals surface area contributed by atoms with Crippen molar-refractivity contribution < 1.29 is 5.11 Å². The van der Waals surface area contributed by atoms with Gasteiger partial charge in [0.15, 0.2) is 0 Å². The van der Waals surface area contributed by atoms with Crippen molar-refractivity contribution in [2.75, 3.05) is 13.1 Å². The monoisotopic (exact) mass is 227 g/mol. The second-order valence-corrected chi connectivity index (χ2v) is 4.78. The lowest BCUT2D eigenvalue weighted by Crippen LogP contribution is -2.59. The number of nitrogens with zero attached hydrogens (tertiary/aromatic N) is 3. The van der Waals surface area contributed by atoms with Crippen LogP contribution in [0, 0.1) is 6.92 Å². The Hall–Kier alpha value is -0.710. The van der Waals surface area contributed by atoms with Gasteiger partial charge in [-0.1, -0.05) is 11.6 Å². The predicted octanol–water partition coefficient (Wildman–Crippen LogP) is 1.01. The number of β-amino-alcohol motifs (C(OH)–C–C–N with tert-alkyl or cyclic N) is 1. The summed E-state index contributed by atoms with van der Waals surface area (Å²) in [6.45, 7) is 5.71. The van der Waals surface area contributed by atoms with Crippen LogP contribution < -0.4 is 0 Å². The van der Waals surface area contributed by atoms with Crippen molar-refractivity contribution in [3.05, 3.63) is 22.7 Å². The number of aryl methyl sites for hydroxylation is 1. The van der Waals surface area contributed by atoms with E-state index in [2.05, 4.69) is 14.9 Å². The Labute approximate surface area is 93.9 Å². The first-order valence-electron chi connectivity index (χ1n) is 4.89. The molecule has 0 spiro atoms. The normalized spacial score (nSPS) is 20.0. The van der Waals surface area contributed by atoms with Gasteiger partial charge in [-0.05, 0) is 19.9 Å². The highest BCUT2D eigenvalue weighted by molar-refractivity contribution is 6.29. The lowest BCUT2D eigenvalue weighted by atomic mass is 9.97. The van der Waals surface area contributed by atoms with E-state index in [1.165, 1.54) is 0 Å². The Morgan fingerprint density at radius 2 is 2.20 bits per heavy atom. The molecule has 0 amide bonds. The Morgan fingerprint density at radius 1 is 1.53 bits per heavy atom. The summed E-state index contributed by atoms with van der Waals surface area (Å²) in [6.07, 6.45) is 0. The average Bonchev–Trinajstić information content (AvgIpc) is 1.97. The maximum atomic E-state index is 9.56. The van der Waals surface area contributed by atoms with E-state index in [0.29, 0.717) is 24.8 Å². The van der Waals surface area contributed by atoms with Gasteiger partial charge in [0, 0.05) is 18.8 Å². The smallest absolute Gasteiger partial charge is 0.144 e. The first-order valence-corrected chi connectivity index (χ1v) is 5.27. The van der Waals surface area contributed by atoms with Crippen LogP contribution in [0.2, 0.25) is 5.15 Å². The van der Waals surface area contributed by atoms with Crippen LogP contribution in [-0.4, -0.2) is 38.7 Å². The molecular formula is C10H14ClN3O. The molecule has 4 nitrogen and oxygen atoms in total. The molecule has 0 unspecified atom stereocenters. The SMILES string of the molecule is Cc1cc(Cl)nc(CN2CC(C)(O)C2)n1. The zero-order valence-corrected chi connectivity index (χ0v) is 9.62. The second kappa shape index (κ2) is 3.70. The van der Waals surface area contributed by atoms with Gasteiger partial charge in [-0.15, -0.1) is 0 Å². The van der Waals surface area contributed by atoms with E-state index in [4.69, 9.17) is 11.6 Å². The molecule has 1 fully saturated rings. The highest BCUT2D eigenvalue weighted by atomic mass is 35.5. The van der Waals surface area contributed by atoms with E-state index in [9.17, 15) is 5.11 Å². The molecular weight excluding hydrogens is 214 g/mol. The molecule has 1 aromatic rings. The van der Waals surface area contributed by atoms with Gasteiger partial charge < -0.3 is 5.11 Å². The Balaban J connectivity index is 2.00. The Morgan fingerprint density at radius 3 is 2.73 bits per heavy atom. The zero-order chi connectivity index (χ0) is 11.1. The number of aliphatic hydroxyl groups is 1. The highest BCUT2D eigenvalue weighted by Gasteiger charge is 2.36. The lowest BCUT2D eigenvalue weighted by Gasteiger charge is -2.43. The fraction of sp³-hybridized carbons (Fsp3) is 0.600. The van der Waals surface area contributed by atoms with Gasteiger partial charge in [0.25, 0.3) is 0 Å². The predicted molar refractivity (Wildman–Crippen MR) is 57.7 cm³/mol. The minimum absolute atomic E-state index is 0.477. The van der Waals surface area contributed by atoms with Crippen molar-refractivity contribution in [2.45, 2.75) is 26.0 Å². The molecule has 1 saturated heterocycles. The Bertz CT molecular complexity index is 353. The van der Waals surface area contributed by atoms with Gasteiger partial charge in [-0.3, -0.25) is 4.90 Å². The van der Waals surface area contributed by atoms with Crippen molar-refractivity contribution in [1.82, 2.24) is 14.9 Å². The Kier molecular flexibility index (Phi) is 2.66. The summed E-state index contributed by atoms with van der Waals surface area (Å²) in [5, 5.41) is 10.0. The number of aromatic nitrogens is 2. The first-order chi connectivity index (χ1) is 6.94. The lowest BCUT2D eigenvalue weighted by molar-refractivity contribution is -0.0880. The topological polar surface area (TPSA) is 49.2 Å². The molecule has 82 valence electrons. The van der Waals surface area contributed by atoms with Crippen LogP contribution >= 0.6 is 11.6 Å². The van der Waals surface area contributed by atoms with Gasteiger partial charge in [0.05, 0.1) is 12.1 Å². The number of hydrogen-bond acceptors (Lipinski definition) is 4. The maximum Gasteiger partial charge on any atom is 0.144 e. The highest BCUT2D eigenvalue weighted by Crippen LogP contribution is 2.21. The number of hydrogen-bond donors (Lipinski definition) is 1. The van der Waals surface area contributed by atoms with E-state index in [0.717, 1.165) is 11.5 Å². The molecule has 0 atom stereocenters. The average molecular weight is 228 g/mol. The fourth-order valence-electron chi connectivity index (χ4n) is 1.89. The summed E-state index contributed by atoms with van der Waals surface area (Å²) in [6, 6.07) is 1.73. The summed E-state index contributed by atoms with van der Waals surface area (Å²) in [7, 11) is 0. The molecule has 1 aromatic heterocycles. The maximum absolute atomic E-state index is 9.56. The van der Waals surface area contributed by atoms with Crippen LogP contribution in [0.1, 0.15) is 18.4 Å². The van der Waals surface area contributed by atoms with E-state index >= 15 is 0 Å². The number of rotatable bonds is 2. The van der Waals surface area contributed by atoms with Crippen molar-refractivity contribution in [1.29, 1.82) is 0 Å². The second-order valence-electron chi connectivity index (χ2n) is 4.39. The molecule has 2 rings (SSSR count). The molecule has 0 aromatic carbocycles. The molecule has 1 aliphatic rings. The molecule has 0 saturated carbocycles. The van der Waals surface area contributed by atoms with E-state index in [1.807, 2.05) is 13.8 Å². The minimum Gasteiger partial charge on any atom is -0.388 e. The van der Waals surface area contributed by atoms with Gasteiger partial charge in [0.2, 0.25) is 0 Å². The van der Waals surface area contributed by atoms with Crippen LogP contribution in [0.4, 0.5) is 0 Å². The summed E-state index contributed by atoms with van der Waals surface area (Å²) < 4.78 is 0. The summed E-state index contributed by atoms with van der Waals surface area (Å²) in [5.74, 6) is 0.718. The molecule has 0 aliphatic carbocycles. The van der Waals surface area contributed by atoms with Crippen LogP contribution in [0.5, 0.6) is 0 Å². The summed E-state index contributed by atoms with van der Waals surface area (Å²) in [4.78, 5) is 10.5. The zero-order valence-electron chi connectivity index (χ0n) is 8.87. The summed E-state index contributed by atoms with van der Waals surface area (Å²) in [5.41, 5.74) is 0.324.